The van der Waals surface area contributed by atoms with Gasteiger partial charge in [0.15, 0.2) is 5.75 Å². The summed E-state index contributed by atoms with van der Waals surface area (Å²) in [5.41, 5.74) is 0.423. The third kappa shape index (κ3) is 7.97. The van der Waals surface area contributed by atoms with Crippen LogP contribution in [0.1, 0.15) is 16.8 Å². The summed E-state index contributed by atoms with van der Waals surface area (Å²) in [6, 6.07) is 7.82. The van der Waals surface area contributed by atoms with E-state index in [1.165, 1.54) is 12.1 Å². The van der Waals surface area contributed by atoms with Crippen LogP contribution in [-0.2, 0) is 0 Å². The van der Waals surface area contributed by atoms with Crippen LogP contribution >= 0.6 is 69.6 Å². The highest BCUT2D eigenvalue weighted by atomic mass is 35.5. The van der Waals surface area contributed by atoms with Crippen molar-refractivity contribution in [1.29, 1.82) is 0 Å². The van der Waals surface area contributed by atoms with Gasteiger partial charge >= 0.3 is 0 Å². The summed E-state index contributed by atoms with van der Waals surface area (Å²) in [6.45, 7) is 0.862. The van der Waals surface area contributed by atoms with Crippen molar-refractivity contribution in [3.8, 4) is 11.5 Å². The maximum absolute atomic E-state index is 12.1. The van der Waals surface area contributed by atoms with Crippen LogP contribution in [0.2, 0.25) is 20.1 Å². The van der Waals surface area contributed by atoms with Crippen LogP contribution in [-0.4, -0.2) is 25.7 Å². The second-order valence-corrected chi connectivity index (χ2v) is 8.24. The minimum Gasteiger partial charge on any atom is -0.490 e. The standard InChI is InChI=1S/C19H15Cl6NO3/c20-13-3-2-11(8-14(13)21)19(27)26-5-1-6-29-18-15(22)9-12(10-16(18)23)28-7-4-17(24)25/h2-4,8-10H,1,5-7H2,(H,26,27). The fourth-order valence-corrected chi connectivity index (χ4v) is 3.15. The number of carbonyl (C=O) groups is 1. The minimum atomic E-state index is -0.257. The second-order valence-electron chi connectivity index (χ2n) is 5.61. The van der Waals surface area contributed by atoms with Crippen molar-refractivity contribution in [3.05, 3.63) is 66.6 Å². The van der Waals surface area contributed by atoms with Crippen LogP contribution < -0.4 is 14.8 Å². The Balaban J connectivity index is 1.80. The Morgan fingerprint density at radius 2 is 1.62 bits per heavy atom. The number of hydrogen-bond acceptors (Lipinski definition) is 3. The summed E-state index contributed by atoms with van der Waals surface area (Å²) >= 11 is 35.2. The van der Waals surface area contributed by atoms with Crippen molar-refractivity contribution < 1.29 is 14.3 Å². The summed E-state index contributed by atoms with van der Waals surface area (Å²) in [5, 5.41) is 4.08. The zero-order valence-electron chi connectivity index (χ0n) is 14.8. The molecule has 0 bridgehead atoms. The third-order valence-corrected chi connectivity index (χ3v) is 5.10. The molecule has 0 saturated heterocycles. The highest BCUT2D eigenvalue weighted by Gasteiger charge is 2.11. The number of ether oxygens (including phenoxy) is 2. The third-order valence-electron chi connectivity index (χ3n) is 3.49. The fourth-order valence-electron chi connectivity index (χ4n) is 2.15. The number of rotatable bonds is 9. The molecule has 0 radical (unpaired) electrons. The van der Waals surface area contributed by atoms with E-state index in [2.05, 4.69) is 5.32 Å². The molecule has 0 unspecified atom stereocenters. The minimum absolute atomic E-state index is 0.105. The van der Waals surface area contributed by atoms with Gasteiger partial charge < -0.3 is 14.8 Å². The van der Waals surface area contributed by atoms with Crippen molar-refractivity contribution in [1.82, 2.24) is 5.32 Å². The lowest BCUT2D eigenvalue weighted by Crippen LogP contribution is -2.25. The summed E-state index contributed by atoms with van der Waals surface area (Å²) in [4.78, 5) is 12.1. The van der Waals surface area contributed by atoms with E-state index in [1.54, 1.807) is 24.3 Å². The monoisotopic (exact) mass is 515 g/mol. The van der Waals surface area contributed by atoms with Gasteiger partial charge in [0, 0.05) is 24.2 Å². The Labute approximate surface area is 198 Å². The Morgan fingerprint density at radius 3 is 2.24 bits per heavy atom. The number of nitrogens with one attached hydrogen (secondary N) is 1. The normalized spacial score (nSPS) is 10.4. The molecule has 1 amide bonds. The number of halogens is 6. The van der Waals surface area contributed by atoms with Gasteiger partial charge in [0.2, 0.25) is 0 Å². The number of hydrogen-bond donors (Lipinski definition) is 1. The molecule has 0 aromatic heterocycles. The molecule has 0 heterocycles. The van der Waals surface area contributed by atoms with Crippen LogP contribution in [0.4, 0.5) is 0 Å². The molecular weight excluding hydrogens is 503 g/mol. The summed E-state index contributed by atoms with van der Waals surface area (Å²) in [7, 11) is 0. The maximum Gasteiger partial charge on any atom is 0.251 e. The molecule has 10 heteroatoms. The van der Waals surface area contributed by atoms with Gasteiger partial charge in [-0.25, -0.2) is 0 Å². The van der Waals surface area contributed by atoms with Crippen LogP contribution in [0.5, 0.6) is 11.5 Å². The second kappa shape index (κ2) is 12.0. The molecule has 2 rings (SSSR count). The van der Waals surface area contributed by atoms with E-state index < -0.39 is 0 Å². The molecule has 0 fully saturated rings. The zero-order chi connectivity index (χ0) is 21.4. The SMILES string of the molecule is O=C(NCCCOc1c(Cl)cc(OCC=C(Cl)Cl)cc1Cl)c1ccc(Cl)c(Cl)c1. The number of amides is 1. The van der Waals surface area contributed by atoms with E-state index in [-0.39, 0.29) is 17.0 Å². The van der Waals surface area contributed by atoms with Gasteiger partial charge in [-0.15, -0.1) is 0 Å². The van der Waals surface area contributed by atoms with Gasteiger partial charge in [-0.2, -0.15) is 0 Å². The first-order valence-corrected chi connectivity index (χ1v) is 10.5. The summed E-state index contributed by atoms with van der Waals surface area (Å²) < 4.78 is 11.2. The lowest BCUT2D eigenvalue weighted by atomic mass is 10.2. The Hall–Kier alpha value is -1.01. The highest BCUT2D eigenvalue weighted by molar-refractivity contribution is 6.55. The predicted octanol–water partition coefficient (Wildman–Crippen LogP) is 7.20. The quantitative estimate of drug-likeness (QED) is 0.358. The Morgan fingerprint density at radius 1 is 0.931 bits per heavy atom. The Bertz CT molecular complexity index is 877. The molecular formula is C19H15Cl6NO3. The molecule has 2 aromatic rings. The summed E-state index contributed by atoms with van der Waals surface area (Å²) in [6.07, 6.45) is 2.03. The summed E-state index contributed by atoms with van der Waals surface area (Å²) in [5.74, 6) is 0.529. The van der Waals surface area contributed by atoms with Gasteiger partial charge in [-0.05, 0) is 30.7 Å². The first-order valence-electron chi connectivity index (χ1n) is 8.27. The molecule has 0 aliphatic heterocycles. The van der Waals surface area contributed by atoms with Gasteiger partial charge in [0.25, 0.3) is 5.91 Å². The van der Waals surface area contributed by atoms with E-state index in [4.69, 9.17) is 79.1 Å². The smallest absolute Gasteiger partial charge is 0.251 e. The van der Waals surface area contributed by atoms with E-state index >= 15 is 0 Å². The largest absolute Gasteiger partial charge is 0.490 e. The molecule has 0 atom stereocenters. The molecule has 29 heavy (non-hydrogen) atoms. The number of carbonyl (C=O) groups excluding carboxylic acids is 1. The fraction of sp³-hybridized carbons (Fsp3) is 0.211. The van der Waals surface area contributed by atoms with Gasteiger partial charge in [-0.1, -0.05) is 69.6 Å². The van der Waals surface area contributed by atoms with Gasteiger partial charge in [0.05, 0.1) is 26.7 Å². The first kappa shape index (κ1) is 24.3. The van der Waals surface area contributed by atoms with Crippen molar-refractivity contribution in [2.45, 2.75) is 6.42 Å². The highest BCUT2D eigenvalue weighted by Crippen LogP contribution is 2.37. The predicted molar refractivity (Wildman–Crippen MR) is 121 cm³/mol. The molecule has 2 aromatic carbocycles. The van der Waals surface area contributed by atoms with Crippen LogP contribution in [0.3, 0.4) is 0 Å². The lowest BCUT2D eigenvalue weighted by molar-refractivity contribution is 0.0951. The average molecular weight is 518 g/mol. The first-order chi connectivity index (χ1) is 13.8. The van der Waals surface area contributed by atoms with E-state index in [0.29, 0.717) is 56.7 Å². The molecule has 0 spiro atoms. The molecule has 156 valence electrons. The molecule has 0 aliphatic rings. The molecule has 4 nitrogen and oxygen atoms in total. The van der Waals surface area contributed by atoms with Crippen LogP contribution in [0.15, 0.2) is 40.9 Å². The molecule has 0 aliphatic carbocycles. The van der Waals surface area contributed by atoms with Crippen molar-refractivity contribution in [2.24, 2.45) is 0 Å². The van der Waals surface area contributed by atoms with Crippen molar-refractivity contribution in [3.63, 3.8) is 0 Å². The van der Waals surface area contributed by atoms with Gasteiger partial charge in [0.1, 0.15) is 16.8 Å². The van der Waals surface area contributed by atoms with E-state index in [0.717, 1.165) is 0 Å². The van der Waals surface area contributed by atoms with Crippen LogP contribution in [0, 0.1) is 0 Å². The maximum atomic E-state index is 12.1. The lowest BCUT2D eigenvalue weighted by Gasteiger charge is -2.12. The average Bonchev–Trinajstić information content (AvgIpc) is 2.65. The topological polar surface area (TPSA) is 47.6 Å². The van der Waals surface area contributed by atoms with Gasteiger partial charge in [-0.3, -0.25) is 4.79 Å². The molecule has 1 N–H and O–H groups in total. The van der Waals surface area contributed by atoms with E-state index in [9.17, 15) is 4.79 Å². The number of benzene rings is 2. The van der Waals surface area contributed by atoms with Crippen molar-refractivity contribution >= 4 is 75.5 Å². The van der Waals surface area contributed by atoms with Crippen LogP contribution in [0.25, 0.3) is 0 Å². The van der Waals surface area contributed by atoms with Crippen molar-refractivity contribution in [2.75, 3.05) is 19.8 Å². The Kier molecular flexibility index (Phi) is 10.0. The molecule has 0 saturated carbocycles. The zero-order valence-corrected chi connectivity index (χ0v) is 19.3. The van der Waals surface area contributed by atoms with E-state index in [1.807, 2.05) is 0 Å².